The Balaban J connectivity index is 1.56. The Bertz CT molecular complexity index is 263. The van der Waals surface area contributed by atoms with Gasteiger partial charge in [-0.1, -0.05) is 12.8 Å². The number of nitrogens with zero attached hydrogens (tertiary/aromatic N) is 2. The molecule has 0 aromatic rings. The highest BCUT2D eigenvalue weighted by Gasteiger charge is 2.46. The summed E-state index contributed by atoms with van der Waals surface area (Å²) < 4.78 is 0. The second-order valence-electron chi connectivity index (χ2n) is 6.87. The van der Waals surface area contributed by atoms with Crippen molar-refractivity contribution in [3.8, 4) is 0 Å². The van der Waals surface area contributed by atoms with Crippen molar-refractivity contribution < 1.29 is 0 Å². The Morgan fingerprint density at radius 3 is 1.71 bits per heavy atom. The Morgan fingerprint density at radius 2 is 1.18 bits per heavy atom. The van der Waals surface area contributed by atoms with Crippen LogP contribution in [0, 0.1) is 11.8 Å². The molecule has 4 atom stereocenters. The molecule has 0 unspecified atom stereocenters. The van der Waals surface area contributed by atoms with Gasteiger partial charge in [-0.3, -0.25) is 9.80 Å². The normalized spacial score (nSPS) is 47.3. The van der Waals surface area contributed by atoms with Crippen LogP contribution in [0.2, 0.25) is 0 Å². The minimum atomic E-state index is 0.961. The van der Waals surface area contributed by atoms with Crippen molar-refractivity contribution in [1.29, 1.82) is 0 Å². The van der Waals surface area contributed by atoms with E-state index in [-0.39, 0.29) is 0 Å². The van der Waals surface area contributed by atoms with E-state index in [0.717, 1.165) is 23.9 Å². The van der Waals surface area contributed by atoms with E-state index in [9.17, 15) is 0 Å². The van der Waals surface area contributed by atoms with E-state index in [0.29, 0.717) is 0 Å². The summed E-state index contributed by atoms with van der Waals surface area (Å²) in [4.78, 5) is 5.74. The maximum absolute atomic E-state index is 2.87. The zero-order valence-corrected chi connectivity index (χ0v) is 11.0. The standard InChI is InChI=1S/C15H26N2/c1-3-7-16-11-13-9-12(14(16)5-1)10-17-8-4-2-6-15(13)17/h12-15H,1-11H2/t12-,13+,14-,15-/m0/s1. The quantitative estimate of drug-likeness (QED) is 0.635. The summed E-state index contributed by atoms with van der Waals surface area (Å²) in [5, 5.41) is 0. The van der Waals surface area contributed by atoms with Gasteiger partial charge in [0.05, 0.1) is 0 Å². The van der Waals surface area contributed by atoms with Gasteiger partial charge in [0.25, 0.3) is 0 Å². The smallest absolute Gasteiger partial charge is 0.0136 e. The highest BCUT2D eigenvalue weighted by molar-refractivity contribution is 5.00. The van der Waals surface area contributed by atoms with Crippen molar-refractivity contribution in [3.05, 3.63) is 0 Å². The van der Waals surface area contributed by atoms with E-state index < -0.39 is 0 Å². The summed E-state index contributed by atoms with van der Waals surface area (Å²) in [5.41, 5.74) is 0. The highest BCUT2D eigenvalue weighted by atomic mass is 15.3. The van der Waals surface area contributed by atoms with Crippen molar-refractivity contribution >= 4 is 0 Å². The molecule has 0 amide bonds. The van der Waals surface area contributed by atoms with Crippen molar-refractivity contribution in [3.63, 3.8) is 0 Å². The van der Waals surface area contributed by atoms with Crippen LogP contribution in [0.4, 0.5) is 0 Å². The average Bonchev–Trinajstić information content (AvgIpc) is 2.39. The molecule has 17 heavy (non-hydrogen) atoms. The summed E-state index contributed by atoms with van der Waals surface area (Å²) in [6.45, 7) is 5.68. The predicted molar refractivity (Wildman–Crippen MR) is 70.0 cm³/mol. The third-order valence-corrected chi connectivity index (χ3v) is 5.96. The first-order valence-corrected chi connectivity index (χ1v) is 7.90. The Kier molecular flexibility index (Phi) is 2.69. The molecule has 0 saturated carbocycles. The molecule has 2 nitrogen and oxygen atoms in total. The lowest BCUT2D eigenvalue weighted by Crippen LogP contribution is -2.63. The summed E-state index contributed by atoms with van der Waals surface area (Å²) >= 11 is 0. The topological polar surface area (TPSA) is 6.48 Å². The minimum Gasteiger partial charge on any atom is -0.300 e. The molecule has 4 saturated heterocycles. The van der Waals surface area contributed by atoms with Gasteiger partial charge in [0, 0.05) is 25.2 Å². The molecule has 0 aliphatic carbocycles. The van der Waals surface area contributed by atoms with Crippen LogP contribution < -0.4 is 0 Å². The number of fused-ring (bicyclic) bond motifs is 6. The van der Waals surface area contributed by atoms with Gasteiger partial charge in [0.1, 0.15) is 0 Å². The van der Waals surface area contributed by atoms with E-state index in [1.54, 1.807) is 6.42 Å². The highest BCUT2D eigenvalue weighted by Crippen LogP contribution is 2.42. The van der Waals surface area contributed by atoms with Crippen molar-refractivity contribution in [2.45, 2.75) is 57.0 Å². The maximum Gasteiger partial charge on any atom is 0.0136 e. The number of piperidine rings is 4. The number of rotatable bonds is 0. The molecule has 4 rings (SSSR count). The lowest BCUT2D eigenvalue weighted by atomic mass is 9.71. The molecule has 4 aliphatic rings. The number of hydrogen-bond acceptors (Lipinski definition) is 2. The minimum absolute atomic E-state index is 0.961. The average molecular weight is 234 g/mol. The van der Waals surface area contributed by atoms with Crippen molar-refractivity contribution in [1.82, 2.24) is 9.80 Å². The molecule has 96 valence electrons. The molecule has 4 heterocycles. The van der Waals surface area contributed by atoms with Crippen LogP contribution in [0.1, 0.15) is 44.9 Å². The van der Waals surface area contributed by atoms with E-state index in [4.69, 9.17) is 0 Å². The maximum atomic E-state index is 2.87. The van der Waals surface area contributed by atoms with Gasteiger partial charge >= 0.3 is 0 Å². The van der Waals surface area contributed by atoms with E-state index in [1.807, 2.05) is 0 Å². The van der Waals surface area contributed by atoms with Gasteiger partial charge in [-0.2, -0.15) is 0 Å². The summed E-state index contributed by atoms with van der Waals surface area (Å²) in [6, 6.07) is 1.92. The fourth-order valence-corrected chi connectivity index (χ4v) is 5.25. The summed E-state index contributed by atoms with van der Waals surface area (Å²) in [5.74, 6) is 2.03. The fraction of sp³-hybridized carbons (Fsp3) is 1.00. The van der Waals surface area contributed by atoms with Crippen LogP contribution in [0.15, 0.2) is 0 Å². The van der Waals surface area contributed by atoms with Crippen LogP contribution in [-0.4, -0.2) is 48.1 Å². The zero-order chi connectivity index (χ0) is 11.2. The molecule has 4 aliphatic heterocycles. The first-order chi connectivity index (χ1) is 8.42. The van der Waals surface area contributed by atoms with Gasteiger partial charge in [-0.15, -0.1) is 0 Å². The second kappa shape index (κ2) is 4.24. The van der Waals surface area contributed by atoms with E-state index in [2.05, 4.69) is 9.80 Å². The van der Waals surface area contributed by atoms with Crippen LogP contribution in [0.25, 0.3) is 0 Å². The lowest BCUT2D eigenvalue weighted by molar-refractivity contribution is -0.0718. The summed E-state index contributed by atoms with van der Waals surface area (Å²) in [7, 11) is 0. The lowest BCUT2D eigenvalue weighted by Gasteiger charge is -2.57. The Hall–Kier alpha value is -0.0800. The first-order valence-electron chi connectivity index (χ1n) is 7.90. The molecule has 0 spiro atoms. The van der Waals surface area contributed by atoms with Crippen molar-refractivity contribution in [2.24, 2.45) is 11.8 Å². The molecule has 0 N–H and O–H groups in total. The van der Waals surface area contributed by atoms with Gasteiger partial charge in [-0.05, 0) is 57.0 Å². The predicted octanol–water partition coefficient (Wildman–Crippen LogP) is 2.35. The second-order valence-corrected chi connectivity index (χ2v) is 6.87. The SMILES string of the molecule is C1CCN2C[C@@H]3C[C@H](CN4CCCC[C@@H]34)[C@@H]2C1. The Morgan fingerprint density at radius 1 is 0.647 bits per heavy atom. The van der Waals surface area contributed by atoms with Gasteiger partial charge < -0.3 is 0 Å². The molecule has 4 fully saturated rings. The fourth-order valence-electron chi connectivity index (χ4n) is 5.25. The molecule has 0 aromatic heterocycles. The van der Waals surface area contributed by atoms with Crippen LogP contribution >= 0.6 is 0 Å². The molecule has 0 radical (unpaired) electrons. The van der Waals surface area contributed by atoms with Gasteiger partial charge in [0.15, 0.2) is 0 Å². The molecular weight excluding hydrogens is 208 g/mol. The summed E-state index contributed by atoms with van der Waals surface area (Å²) in [6.07, 6.45) is 10.5. The first kappa shape index (κ1) is 10.8. The Labute approximate surface area is 105 Å². The third-order valence-electron chi connectivity index (χ3n) is 5.96. The molecule has 2 heteroatoms. The number of hydrogen-bond donors (Lipinski definition) is 0. The van der Waals surface area contributed by atoms with E-state index >= 15 is 0 Å². The monoisotopic (exact) mass is 234 g/mol. The van der Waals surface area contributed by atoms with Crippen LogP contribution in [0.3, 0.4) is 0 Å². The third kappa shape index (κ3) is 1.76. The van der Waals surface area contributed by atoms with Gasteiger partial charge in [0.2, 0.25) is 0 Å². The van der Waals surface area contributed by atoms with E-state index in [1.165, 1.54) is 64.7 Å². The van der Waals surface area contributed by atoms with Crippen molar-refractivity contribution in [2.75, 3.05) is 26.2 Å². The van der Waals surface area contributed by atoms with Crippen LogP contribution in [0.5, 0.6) is 0 Å². The van der Waals surface area contributed by atoms with Gasteiger partial charge in [-0.25, -0.2) is 0 Å². The molecule has 2 bridgehead atoms. The van der Waals surface area contributed by atoms with Crippen LogP contribution in [-0.2, 0) is 0 Å². The largest absolute Gasteiger partial charge is 0.300 e. The zero-order valence-electron chi connectivity index (χ0n) is 11.0. The molecule has 0 aromatic carbocycles. The molecular formula is C15H26N2.